The number of hydrogen-bond acceptors (Lipinski definition) is 7. The van der Waals surface area contributed by atoms with Gasteiger partial charge in [-0.15, -0.1) is 0 Å². The molecule has 0 radical (unpaired) electrons. The monoisotopic (exact) mass is 601 g/mol. The molecule has 0 spiro atoms. The highest BCUT2D eigenvalue weighted by Gasteiger charge is 2.36. The highest BCUT2D eigenvalue weighted by molar-refractivity contribution is 8.26. The Labute approximate surface area is 253 Å². The Balaban J connectivity index is 1.37. The van der Waals surface area contributed by atoms with E-state index in [9.17, 15) is 9.59 Å². The Kier molecular flexibility index (Phi) is 7.59. The number of nitrogens with zero attached hydrogens (tertiary/aromatic N) is 5. The van der Waals surface area contributed by atoms with Crippen LogP contribution in [0.2, 0.25) is 5.02 Å². The van der Waals surface area contributed by atoms with Crippen LogP contribution in [0.1, 0.15) is 29.7 Å². The largest absolute Gasteiger partial charge is 0.368 e. The molecule has 2 fully saturated rings. The maximum atomic E-state index is 13.9. The summed E-state index contributed by atoms with van der Waals surface area (Å²) < 4.78 is 2.03. The van der Waals surface area contributed by atoms with Gasteiger partial charge in [-0.2, -0.15) is 0 Å². The summed E-state index contributed by atoms with van der Waals surface area (Å²) in [6.45, 7) is 6.70. The lowest BCUT2D eigenvalue weighted by molar-refractivity contribution is -0.123. The quantitative estimate of drug-likeness (QED) is 0.207. The second kappa shape index (κ2) is 11.3. The van der Waals surface area contributed by atoms with Crippen LogP contribution < -0.4 is 15.4 Å². The molecule has 7 nitrogen and oxygen atoms in total. The summed E-state index contributed by atoms with van der Waals surface area (Å²) in [7, 11) is 0. The summed E-state index contributed by atoms with van der Waals surface area (Å²) in [5.74, 6) is 0.368. The molecule has 1 amide bonds. The fraction of sp³-hybridized carbons (Fsp3) is 0.226. The highest BCUT2D eigenvalue weighted by Crippen LogP contribution is 2.38. The zero-order valence-electron chi connectivity index (χ0n) is 22.7. The van der Waals surface area contributed by atoms with Crippen LogP contribution in [-0.4, -0.2) is 50.7 Å². The number of amides is 1. The van der Waals surface area contributed by atoms with Crippen molar-refractivity contribution in [2.24, 2.45) is 0 Å². The predicted molar refractivity (Wildman–Crippen MR) is 172 cm³/mol. The second-order valence-corrected chi connectivity index (χ2v) is 12.3. The number of aromatic nitrogens is 2. The first-order chi connectivity index (χ1) is 19.8. The van der Waals surface area contributed by atoms with Crippen LogP contribution in [0, 0.1) is 6.92 Å². The molecule has 0 aliphatic carbocycles. The molecule has 41 heavy (non-hydrogen) atoms. The van der Waals surface area contributed by atoms with Crippen LogP contribution in [0.15, 0.2) is 82.6 Å². The summed E-state index contributed by atoms with van der Waals surface area (Å²) in [6.07, 6.45) is 3.46. The second-order valence-electron chi connectivity index (χ2n) is 10.2. The van der Waals surface area contributed by atoms with E-state index in [1.807, 2.05) is 80.6 Å². The number of anilines is 2. The van der Waals surface area contributed by atoms with Gasteiger partial charge in [0.15, 0.2) is 0 Å². The van der Waals surface area contributed by atoms with Crippen molar-refractivity contribution >= 4 is 69.0 Å². The van der Waals surface area contributed by atoms with Gasteiger partial charge in [-0.1, -0.05) is 78.0 Å². The Morgan fingerprint density at radius 3 is 2.44 bits per heavy atom. The first kappa shape index (κ1) is 27.5. The number of thioether (sulfide) groups is 1. The molecule has 1 atom stereocenters. The van der Waals surface area contributed by atoms with E-state index in [4.69, 9.17) is 28.8 Å². The summed E-state index contributed by atoms with van der Waals surface area (Å²) in [6, 6.07) is 21.2. The first-order valence-electron chi connectivity index (χ1n) is 13.4. The molecule has 2 aromatic carbocycles. The third-order valence-electron chi connectivity index (χ3n) is 7.51. The third-order valence-corrected chi connectivity index (χ3v) is 9.07. The fourth-order valence-corrected chi connectivity index (χ4v) is 6.87. The molecule has 2 aliphatic heterocycles. The first-order valence-corrected chi connectivity index (χ1v) is 15.0. The normalized spacial score (nSPS) is 17.6. The average Bonchev–Trinajstić information content (AvgIpc) is 3.27. The predicted octanol–water partition coefficient (Wildman–Crippen LogP) is 5.95. The van der Waals surface area contributed by atoms with Gasteiger partial charge in [0.2, 0.25) is 0 Å². The Hall–Kier alpha value is -3.66. The Morgan fingerprint density at radius 2 is 1.71 bits per heavy atom. The number of carbonyl (C=O) groups is 1. The van der Waals surface area contributed by atoms with E-state index in [-0.39, 0.29) is 17.5 Å². The van der Waals surface area contributed by atoms with E-state index in [2.05, 4.69) is 9.80 Å². The summed E-state index contributed by atoms with van der Waals surface area (Å²) in [5.41, 5.74) is 3.74. The van der Waals surface area contributed by atoms with Crippen molar-refractivity contribution in [2.45, 2.75) is 19.9 Å². The Morgan fingerprint density at radius 1 is 0.976 bits per heavy atom. The molecule has 0 bridgehead atoms. The van der Waals surface area contributed by atoms with E-state index < -0.39 is 0 Å². The van der Waals surface area contributed by atoms with Gasteiger partial charge in [0.25, 0.3) is 11.5 Å². The van der Waals surface area contributed by atoms with Crippen LogP contribution in [0.5, 0.6) is 0 Å². The molecule has 10 heteroatoms. The highest BCUT2D eigenvalue weighted by atomic mass is 35.5. The summed E-state index contributed by atoms with van der Waals surface area (Å²) in [4.78, 5) is 39.0. The minimum atomic E-state index is -0.230. The molecule has 2 aromatic heterocycles. The van der Waals surface area contributed by atoms with Gasteiger partial charge >= 0.3 is 0 Å². The summed E-state index contributed by atoms with van der Waals surface area (Å²) >= 11 is 13.1. The molecule has 208 valence electrons. The van der Waals surface area contributed by atoms with Crippen LogP contribution in [-0.2, 0) is 4.79 Å². The topological polar surface area (TPSA) is 61.2 Å². The van der Waals surface area contributed by atoms with E-state index in [0.29, 0.717) is 44.4 Å². The van der Waals surface area contributed by atoms with Crippen LogP contribution >= 0.6 is 35.6 Å². The van der Waals surface area contributed by atoms with E-state index in [1.54, 1.807) is 21.6 Å². The number of halogens is 1. The van der Waals surface area contributed by atoms with Crippen LogP contribution in [0.4, 0.5) is 11.5 Å². The van der Waals surface area contributed by atoms with Crippen molar-refractivity contribution in [1.82, 2.24) is 14.3 Å². The van der Waals surface area contributed by atoms with Gasteiger partial charge in [0, 0.05) is 43.1 Å². The number of thiocarbonyl (C=S) groups is 1. The standard InChI is InChI=1S/C31H28ClN5O2S2/c1-20-11-12-27-33-28(35-15-13-34(14-16-35)24-10-6-9-23(32)17-24)25(29(38)36(27)19-20)18-26-30(39)37(31(40)41-26)21(2)22-7-4-3-5-8-22/h3-12,17-19,21H,13-16H2,1-2H3/b26-18-/t21-/m1/s1. The van der Waals surface area contributed by atoms with E-state index >= 15 is 0 Å². The number of aryl methyl sites for hydroxylation is 1. The zero-order valence-corrected chi connectivity index (χ0v) is 25.0. The molecule has 0 unspecified atom stereocenters. The molecular weight excluding hydrogens is 574 g/mol. The molecular formula is C31H28ClN5O2S2. The average molecular weight is 602 g/mol. The number of pyridine rings is 1. The Bertz CT molecular complexity index is 1750. The van der Waals surface area contributed by atoms with Crippen molar-refractivity contribution < 1.29 is 4.79 Å². The van der Waals surface area contributed by atoms with E-state index in [1.165, 1.54) is 11.8 Å². The van der Waals surface area contributed by atoms with Crippen molar-refractivity contribution in [1.29, 1.82) is 0 Å². The number of fused-ring (bicyclic) bond motifs is 1. The lowest BCUT2D eigenvalue weighted by atomic mass is 10.1. The van der Waals surface area contributed by atoms with Gasteiger partial charge in [-0.25, -0.2) is 4.98 Å². The smallest absolute Gasteiger partial charge is 0.267 e. The molecule has 4 aromatic rings. The maximum absolute atomic E-state index is 13.9. The van der Waals surface area contributed by atoms with Crippen molar-refractivity contribution in [3.63, 3.8) is 0 Å². The van der Waals surface area contributed by atoms with Crippen molar-refractivity contribution in [2.75, 3.05) is 36.0 Å². The SMILES string of the molecule is Cc1ccc2nc(N3CCN(c4cccc(Cl)c4)CC3)c(/C=C3\SC(=S)N([C@H](C)c4ccccc4)C3=O)c(=O)n2c1. The maximum Gasteiger partial charge on any atom is 0.267 e. The van der Waals surface area contributed by atoms with Gasteiger partial charge in [-0.05, 0) is 55.3 Å². The van der Waals surface area contributed by atoms with Crippen molar-refractivity contribution in [3.8, 4) is 0 Å². The van der Waals surface area contributed by atoms with E-state index in [0.717, 1.165) is 29.9 Å². The molecule has 2 aliphatic rings. The fourth-order valence-electron chi connectivity index (χ4n) is 5.29. The summed E-state index contributed by atoms with van der Waals surface area (Å²) in [5, 5.41) is 0.700. The number of carbonyl (C=O) groups excluding carboxylic acids is 1. The molecule has 0 saturated carbocycles. The number of hydrogen-bond donors (Lipinski definition) is 0. The number of benzene rings is 2. The van der Waals surface area contributed by atoms with Gasteiger partial charge in [0.05, 0.1) is 16.5 Å². The van der Waals surface area contributed by atoms with Gasteiger partial charge in [-0.3, -0.25) is 18.9 Å². The molecule has 2 saturated heterocycles. The van der Waals surface area contributed by atoms with Crippen LogP contribution in [0.25, 0.3) is 11.7 Å². The van der Waals surface area contributed by atoms with Crippen LogP contribution in [0.3, 0.4) is 0 Å². The zero-order chi connectivity index (χ0) is 28.7. The van der Waals surface area contributed by atoms with Gasteiger partial charge in [0.1, 0.15) is 15.8 Å². The molecule has 6 rings (SSSR count). The van der Waals surface area contributed by atoms with Crippen molar-refractivity contribution in [3.05, 3.63) is 110 Å². The lowest BCUT2D eigenvalue weighted by Gasteiger charge is -2.37. The minimum Gasteiger partial charge on any atom is -0.368 e. The lowest BCUT2D eigenvalue weighted by Crippen LogP contribution is -2.47. The van der Waals surface area contributed by atoms with Gasteiger partial charge < -0.3 is 9.80 Å². The molecule has 0 N–H and O–H groups in total. The minimum absolute atomic E-state index is 0.207. The number of rotatable bonds is 5. The third kappa shape index (κ3) is 5.37. The molecule has 4 heterocycles. The number of piperazine rings is 1.